The van der Waals surface area contributed by atoms with Gasteiger partial charge in [-0.25, -0.2) is 4.98 Å². The highest BCUT2D eigenvalue weighted by Gasteiger charge is 2.22. The van der Waals surface area contributed by atoms with Crippen molar-refractivity contribution >= 4 is 34.4 Å². The van der Waals surface area contributed by atoms with Crippen LogP contribution in [0.3, 0.4) is 0 Å². The van der Waals surface area contributed by atoms with Crippen molar-refractivity contribution in [2.45, 2.75) is 25.9 Å². The van der Waals surface area contributed by atoms with Gasteiger partial charge in [-0.3, -0.25) is 4.79 Å². The highest BCUT2D eigenvalue weighted by atomic mass is 32.2. The molecule has 0 saturated carbocycles. The number of hydrogen-bond acceptors (Lipinski definition) is 5. The molecule has 4 rings (SSSR count). The standard InChI is InChI=1S/C23H28N4O2S/c1-4-29-18-8-9-19-20(14-18)25-23(24-19)30-15-22(28)27-12-10-26(11-13-27)21-7-5-6-16(2)17(21)3/h5-9,14H,4,10-13,15H2,1-3H3,(H,24,25). The Morgan fingerprint density at radius 1 is 1.17 bits per heavy atom. The van der Waals surface area contributed by atoms with Gasteiger partial charge in [0.1, 0.15) is 5.75 Å². The van der Waals surface area contributed by atoms with E-state index in [1.54, 1.807) is 0 Å². The third-order valence-electron chi connectivity index (χ3n) is 5.62. The van der Waals surface area contributed by atoms with Crippen LogP contribution in [0.2, 0.25) is 0 Å². The highest BCUT2D eigenvalue weighted by Crippen LogP contribution is 2.25. The molecule has 3 aromatic rings. The summed E-state index contributed by atoms with van der Waals surface area (Å²) in [5, 5.41) is 0.765. The van der Waals surface area contributed by atoms with Crippen molar-refractivity contribution in [2.24, 2.45) is 0 Å². The summed E-state index contributed by atoms with van der Waals surface area (Å²) in [5.74, 6) is 1.38. The normalized spacial score (nSPS) is 14.4. The van der Waals surface area contributed by atoms with Crippen LogP contribution in [0.1, 0.15) is 18.1 Å². The van der Waals surface area contributed by atoms with Gasteiger partial charge >= 0.3 is 0 Å². The number of thioether (sulfide) groups is 1. The zero-order chi connectivity index (χ0) is 21.1. The van der Waals surface area contributed by atoms with Crippen molar-refractivity contribution in [1.29, 1.82) is 0 Å². The molecule has 0 bridgehead atoms. The fourth-order valence-electron chi connectivity index (χ4n) is 3.79. The van der Waals surface area contributed by atoms with Crippen LogP contribution >= 0.6 is 11.8 Å². The van der Waals surface area contributed by atoms with Gasteiger partial charge in [0.2, 0.25) is 5.91 Å². The minimum Gasteiger partial charge on any atom is -0.494 e. The molecule has 1 aliphatic rings. The maximum absolute atomic E-state index is 12.7. The molecule has 30 heavy (non-hydrogen) atoms. The van der Waals surface area contributed by atoms with Crippen LogP contribution in [-0.2, 0) is 4.79 Å². The van der Waals surface area contributed by atoms with E-state index < -0.39 is 0 Å². The zero-order valence-electron chi connectivity index (χ0n) is 17.8. The molecule has 1 fully saturated rings. The number of aromatic nitrogens is 2. The van der Waals surface area contributed by atoms with Crippen molar-refractivity contribution in [3.63, 3.8) is 0 Å². The number of H-pyrrole nitrogens is 1. The van der Waals surface area contributed by atoms with Gasteiger partial charge in [-0.2, -0.15) is 0 Å². The molecule has 1 saturated heterocycles. The minimum atomic E-state index is 0.163. The van der Waals surface area contributed by atoms with Crippen LogP contribution in [0, 0.1) is 13.8 Å². The van der Waals surface area contributed by atoms with Crippen molar-refractivity contribution in [3.05, 3.63) is 47.5 Å². The van der Waals surface area contributed by atoms with E-state index in [9.17, 15) is 4.79 Å². The maximum Gasteiger partial charge on any atom is 0.233 e. The zero-order valence-corrected chi connectivity index (χ0v) is 18.6. The van der Waals surface area contributed by atoms with Gasteiger partial charge in [-0.1, -0.05) is 23.9 Å². The third-order valence-corrected chi connectivity index (χ3v) is 6.48. The van der Waals surface area contributed by atoms with E-state index in [1.165, 1.54) is 28.6 Å². The molecule has 0 aliphatic carbocycles. The molecule has 7 heteroatoms. The number of nitrogens with zero attached hydrogens (tertiary/aromatic N) is 3. The predicted molar refractivity (Wildman–Crippen MR) is 123 cm³/mol. The largest absolute Gasteiger partial charge is 0.494 e. The van der Waals surface area contributed by atoms with Gasteiger partial charge in [0.25, 0.3) is 0 Å². The number of piperazine rings is 1. The minimum absolute atomic E-state index is 0.163. The number of rotatable bonds is 6. The SMILES string of the molecule is CCOc1ccc2nc(SCC(=O)N3CCN(c4cccc(C)c4C)CC3)[nH]c2c1. The number of benzene rings is 2. The first kappa shape index (κ1) is 20.6. The average molecular weight is 425 g/mol. The van der Waals surface area contributed by atoms with Crippen molar-refractivity contribution in [1.82, 2.24) is 14.9 Å². The van der Waals surface area contributed by atoms with Crippen molar-refractivity contribution in [3.8, 4) is 5.75 Å². The molecule has 2 aromatic carbocycles. The lowest BCUT2D eigenvalue weighted by Gasteiger charge is -2.37. The lowest BCUT2D eigenvalue weighted by Crippen LogP contribution is -2.49. The van der Waals surface area contributed by atoms with Crippen LogP contribution in [0.25, 0.3) is 11.0 Å². The second-order valence-corrected chi connectivity index (χ2v) is 8.49. The summed E-state index contributed by atoms with van der Waals surface area (Å²) in [6.45, 7) is 10.2. The second-order valence-electron chi connectivity index (χ2n) is 7.53. The number of aromatic amines is 1. The fourth-order valence-corrected chi connectivity index (χ4v) is 4.57. The third kappa shape index (κ3) is 4.41. The van der Waals surface area contributed by atoms with Gasteiger partial charge in [-0.15, -0.1) is 0 Å². The topological polar surface area (TPSA) is 61.5 Å². The average Bonchev–Trinajstić information content (AvgIpc) is 3.17. The fraction of sp³-hybridized carbons (Fsp3) is 0.391. The first-order valence-corrected chi connectivity index (χ1v) is 11.4. The molecule has 1 N–H and O–H groups in total. The summed E-state index contributed by atoms with van der Waals surface area (Å²) < 4.78 is 5.54. The molecule has 1 aliphatic heterocycles. The van der Waals surface area contributed by atoms with Gasteiger partial charge in [-0.05, 0) is 50.1 Å². The Bertz CT molecular complexity index is 1040. The predicted octanol–water partition coefficient (Wildman–Crippen LogP) is 4.02. The Kier molecular flexibility index (Phi) is 6.18. The molecule has 6 nitrogen and oxygen atoms in total. The molecule has 0 atom stereocenters. The number of carbonyl (C=O) groups excluding carboxylic acids is 1. The number of fused-ring (bicyclic) bond motifs is 1. The molecular weight excluding hydrogens is 396 g/mol. The van der Waals surface area contributed by atoms with E-state index in [-0.39, 0.29) is 5.91 Å². The van der Waals surface area contributed by atoms with E-state index in [4.69, 9.17) is 4.74 Å². The first-order valence-electron chi connectivity index (χ1n) is 10.4. The Hall–Kier alpha value is -2.67. The van der Waals surface area contributed by atoms with E-state index in [0.29, 0.717) is 12.4 Å². The van der Waals surface area contributed by atoms with Crippen LogP contribution in [0.4, 0.5) is 5.69 Å². The number of imidazole rings is 1. The lowest BCUT2D eigenvalue weighted by molar-refractivity contribution is -0.128. The van der Waals surface area contributed by atoms with E-state index in [1.807, 2.05) is 30.0 Å². The molecule has 1 amide bonds. The summed E-state index contributed by atoms with van der Waals surface area (Å²) in [7, 11) is 0. The molecule has 0 unspecified atom stereocenters. The van der Waals surface area contributed by atoms with Crippen LogP contribution < -0.4 is 9.64 Å². The number of carbonyl (C=O) groups is 1. The van der Waals surface area contributed by atoms with E-state index in [0.717, 1.165) is 48.1 Å². The maximum atomic E-state index is 12.7. The van der Waals surface area contributed by atoms with Crippen LogP contribution in [0.15, 0.2) is 41.6 Å². The summed E-state index contributed by atoms with van der Waals surface area (Å²) in [6.07, 6.45) is 0. The number of hydrogen-bond donors (Lipinski definition) is 1. The first-order chi connectivity index (χ1) is 14.5. The Balaban J connectivity index is 1.32. The number of aryl methyl sites for hydroxylation is 1. The van der Waals surface area contributed by atoms with E-state index in [2.05, 4.69) is 46.9 Å². The molecule has 0 radical (unpaired) electrons. The molecular formula is C23H28N4O2S. The molecule has 1 aromatic heterocycles. The summed E-state index contributed by atoms with van der Waals surface area (Å²) >= 11 is 1.46. The monoisotopic (exact) mass is 424 g/mol. The van der Waals surface area contributed by atoms with Crippen LogP contribution in [-0.4, -0.2) is 59.3 Å². The van der Waals surface area contributed by atoms with E-state index >= 15 is 0 Å². The Morgan fingerprint density at radius 3 is 2.73 bits per heavy atom. The quantitative estimate of drug-likeness (QED) is 0.606. The van der Waals surface area contributed by atoms with Crippen molar-refractivity contribution in [2.75, 3.05) is 43.4 Å². The number of nitrogens with one attached hydrogen (secondary N) is 1. The van der Waals surface area contributed by atoms with Gasteiger partial charge in [0, 0.05) is 37.9 Å². The Labute approximate surface area is 181 Å². The van der Waals surface area contributed by atoms with Crippen LogP contribution in [0.5, 0.6) is 5.75 Å². The van der Waals surface area contributed by atoms with Gasteiger partial charge in [0.15, 0.2) is 5.16 Å². The molecule has 158 valence electrons. The Morgan fingerprint density at radius 2 is 1.97 bits per heavy atom. The second kappa shape index (κ2) is 9.00. The number of amides is 1. The summed E-state index contributed by atoms with van der Waals surface area (Å²) in [4.78, 5) is 24.9. The highest BCUT2D eigenvalue weighted by molar-refractivity contribution is 7.99. The molecule has 0 spiro atoms. The lowest BCUT2D eigenvalue weighted by atomic mass is 10.1. The summed E-state index contributed by atoms with van der Waals surface area (Å²) in [5.41, 5.74) is 5.73. The smallest absolute Gasteiger partial charge is 0.233 e. The van der Waals surface area contributed by atoms with Gasteiger partial charge < -0.3 is 19.5 Å². The van der Waals surface area contributed by atoms with Crippen molar-refractivity contribution < 1.29 is 9.53 Å². The summed E-state index contributed by atoms with van der Waals surface area (Å²) in [6, 6.07) is 12.2. The molecule has 2 heterocycles. The number of anilines is 1. The van der Waals surface area contributed by atoms with Gasteiger partial charge in [0.05, 0.1) is 23.4 Å². The number of ether oxygens (including phenoxy) is 1.